The first kappa shape index (κ1) is 19.7. The number of carbonyl (C=O) groups excluding carboxylic acids is 2. The summed E-state index contributed by atoms with van der Waals surface area (Å²) in [5.41, 5.74) is 1.67. The van der Waals surface area contributed by atoms with Gasteiger partial charge in [0.2, 0.25) is 0 Å². The van der Waals surface area contributed by atoms with Crippen molar-refractivity contribution in [2.24, 2.45) is 0 Å². The molecule has 0 heterocycles. The van der Waals surface area contributed by atoms with E-state index in [1.165, 1.54) is 0 Å². The number of benzene rings is 2. The molecule has 2 aromatic rings. The fourth-order valence-corrected chi connectivity index (χ4v) is 2.54. The molecule has 0 saturated carbocycles. The predicted molar refractivity (Wildman–Crippen MR) is 102 cm³/mol. The van der Waals surface area contributed by atoms with Crippen molar-refractivity contribution in [2.45, 2.75) is 32.9 Å². The van der Waals surface area contributed by atoms with Crippen molar-refractivity contribution >= 4 is 11.8 Å². The van der Waals surface area contributed by atoms with Crippen LogP contribution in [0, 0.1) is 0 Å². The molecule has 0 saturated heterocycles. The molecule has 138 valence electrons. The monoisotopic (exact) mass is 354 g/mol. The van der Waals surface area contributed by atoms with Gasteiger partial charge < -0.3 is 15.3 Å². The second-order valence-electron chi connectivity index (χ2n) is 7.22. The minimum atomic E-state index is -0.320. The van der Waals surface area contributed by atoms with Gasteiger partial charge in [-0.1, -0.05) is 30.3 Å². The standard InChI is InChI=1S/C21H26N2O3/c1-21(2,3)22-19(25)17-9-11-18(12-10-17)20(26)23(13-14-24)15-16-7-5-4-6-8-16/h4-12,24H,13-15H2,1-3H3,(H,22,25). The molecule has 2 N–H and O–H groups in total. The van der Waals surface area contributed by atoms with Gasteiger partial charge in [0.1, 0.15) is 0 Å². The van der Waals surface area contributed by atoms with Gasteiger partial charge in [0.05, 0.1) is 6.61 Å². The van der Waals surface area contributed by atoms with E-state index in [0.29, 0.717) is 17.7 Å². The molecular weight excluding hydrogens is 328 g/mol. The van der Waals surface area contributed by atoms with Crippen LogP contribution in [-0.4, -0.2) is 40.5 Å². The molecule has 0 aliphatic heterocycles. The fourth-order valence-electron chi connectivity index (χ4n) is 2.54. The van der Waals surface area contributed by atoms with Gasteiger partial charge >= 0.3 is 0 Å². The smallest absolute Gasteiger partial charge is 0.254 e. The zero-order valence-corrected chi connectivity index (χ0v) is 15.5. The number of rotatable bonds is 6. The van der Waals surface area contributed by atoms with Gasteiger partial charge in [-0.3, -0.25) is 9.59 Å². The Morgan fingerprint density at radius 2 is 1.54 bits per heavy atom. The van der Waals surface area contributed by atoms with Crippen LogP contribution in [0.5, 0.6) is 0 Å². The summed E-state index contributed by atoms with van der Waals surface area (Å²) in [5.74, 6) is -0.348. The number of carbonyl (C=O) groups is 2. The molecule has 5 heteroatoms. The van der Waals surface area contributed by atoms with Gasteiger partial charge in [0.25, 0.3) is 11.8 Å². The zero-order valence-electron chi connectivity index (χ0n) is 15.5. The Balaban J connectivity index is 2.12. The van der Waals surface area contributed by atoms with Crippen molar-refractivity contribution in [1.82, 2.24) is 10.2 Å². The molecule has 0 unspecified atom stereocenters. The van der Waals surface area contributed by atoms with Crippen LogP contribution in [0.25, 0.3) is 0 Å². The molecule has 5 nitrogen and oxygen atoms in total. The number of nitrogens with zero attached hydrogens (tertiary/aromatic N) is 1. The van der Waals surface area contributed by atoms with Gasteiger partial charge in [-0.15, -0.1) is 0 Å². The molecule has 0 fully saturated rings. The quantitative estimate of drug-likeness (QED) is 0.838. The second-order valence-corrected chi connectivity index (χ2v) is 7.22. The molecule has 0 aliphatic rings. The number of aliphatic hydroxyl groups excluding tert-OH is 1. The van der Waals surface area contributed by atoms with Crippen molar-refractivity contribution in [3.05, 3.63) is 71.3 Å². The molecule has 2 aromatic carbocycles. The Hall–Kier alpha value is -2.66. The Bertz CT molecular complexity index is 734. The number of hydrogen-bond donors (Lipinski definition) is 2. The van der Waals surface area contributed by atoms with E-state index >= 15 is 0 Å². The lowest BCUT2D eigenvalue weighted by Gasteiger charge is -2.22. The van der Waals surface area contributed by atoms with Crippen molar-refractivity contribution in [1.29, 1.82) is 0 Å². The minimum Gasteiger partial charge on any atom is -0.395 e. The number of amides is 2. The lowest BCUT2D eigenvalue weighted by molar-refractivity contribution is 0.0707. The third-order valence-corrected chi connectivity index (χ3v) is 3.76. The summed E-state index contributed by atoms with van der Waals surface area (Å²) in [7, 11) is 0. The predicted octanol–water partition coefficient (Wildman–Crippen LogP) is 2.85. The summed E-state index contributed by atoms with van der Waals surface area (Å²) in [4.78, 5) is 26.5. The molecule has 0 spiro atoms. The molecular formula is C21H26N2O3. The third kappa shape index (κ3) is 5.70. The molecule has 2 rings (SSSR count). The number of hydrogen-bond acceptors (Lipinski definition) is 3. The fraction of sp³-hybridized carbons (Fsp3) is 0.333. The maximum Gasteiger partial charge on any atom is 0.254 e. The largest absolute Gasteiger partial charge is 0.395 e. The summed E-state index contributed by atoms with van der Waals surface area (Å²) in [6.45, 7) is 6.31. The molecule has 0 aromatic heterocycles. The van der Waals surface area contributed by atoms with E-state index in [1.807, 2.05) is 51.1 Å². The molecule has 26 heavy (non-hydrogen) atoms. The minimum absolute atomic E-state index is 0.107. The first-order valence-electron chi connectivity index (χ1n) is 8.67. The highest BCUT2D eigenvalue weighted by atomic mass is 16.3. The van der Waals surface area contributed by atoms with E-state index in [4.69, 9.17) is 0 Å². The Morgan fingerprint density at radius 3 is 2.08 bits per heavy atom. The summed E-state index contributed by atoms with van der Waals surface area (Å²) >= 11 is 0. The summed E-state index contributed by atoms with van der Waals surface area (Å²) < 4.78 is 0. The van der Waals surface area contributed by atoms with E-state index in [2.05, 4.69) is 5.32 Å². The van der Waals surface area contributed by atoms with Crippen LogP contribution >= 0.6 is 0 Å². The Morgan fingerprint density at radius 1 is 0.962 bits per heavy atom. The van der Waals surface area contributed by atoms with E-state index in [9.17, 15) is 14.7 Å². The van der Waals surface area contributed by atoms with Gasteiger partial charge in [-0.05, 0) is 50.6 Å². The van der Waals surface area contributed by atoms with E-state index in [1.54, 1.807) is 29.2 Å². The highest BCUT2D eigenvalue weighted by molar-refractivity contribution is 5.98. The Kier molecular flexibility index (Phi) is 6.52. The number of aliphatic hydroxyl groups is 1. The summed E-state index contributed by atoms with van der Waals surface area (Å²) in [6.07, 6.45) is 0. The average Bonchev–Trinajstić information content (AvgIpc) is 2.60. The molecule has 0 bridgehead atoms. The molecule has 0 radical (unpaired) electrons. The van der Waals surface area contributed by atoms with Crippen LogP contribution in [0.15, 0.2) is 54.6 Å². The summed E-state index contributed by atoms with van der Waals surface area (Å²) in [6, 6.07) is 16.2. The van der Waals surface area contributed by atoms with Crippen LogP contribution in [0.4, 0.5) is 0 Å². The Labute approximate surface area is 154 Å². The second kappa shape index (κ2) is 8.63. The van der Waals surface area contributed by atoms with E-state index in [0.717, 1.165) is 5.56 Å². The van der Waals surface area contributed by atoms with Crippen LogP contribution < -0.4 is 5.32 Å². The molecule has 0 atom stereocenters. The molecule has 0 aliphatic carbocycles. The van der Waals surface area contributed by atoms with E-state index < -0.39 is 0 Å². The van der Waals surface area contributed by atoms with Gasteiger partial charge in [-0.25, -0.2) is 0 Å². The maximum absolute atomic E-state index is 12.8. The SMILES string of the molecule is CC(C)(C)NC(=O)c1ccc(C(=O)N(CCO)Cc2ccccc2)cc1. The van der Waals surface area contributed by atoms with Crippen molar-refractivity contribution in [3.8, 4) is 0 Å². The topological polar surface area (TPSA) is 69.6 Å². The number of nitrogens with one attached hydrogen (secondary N) is 1. The lowest BCUT2D eigenvalue weighted by atomic mass is 10.1. The van der Waals surface area contributed by atoms with Crippen molar-refractivity contribution in [2.75, 3.05) is 13.2 Å². The van der Waals surface area contributed by atoms with Crippen LogP contribution in [0.2, 0.25) is 0 Å². The van der Waals surface area contributed by atoms with Gasteiger partial charge in [0, 0.05) is 29.8 Å². The lowest BCUT2D eigenvalue weighted by Crippen LogP contribution is -2.40. The van der Waals surface area contributed by atoms with Gasteiger partial charge in [-0.2, -0.15) is 0 Å². The average molecular weight is 354 g/mol. The molecule has 2 amide bonds. The highest BCUT2D eigenvalue weighted by Gasteiger charge is 2.18. The van der Waals surface area contributed by atoms with E-state index in [-0.39, 0.29) is 30.5 Å². The van der Waals surface area contributed by atoms with Crippen molar-refractivity contribution < 1.29 is 14.7 Å². The maximum atomic E-state index is 12.8. The van der Waals surface area contributed by atoms with Crippen LogP contribution in [0.1, 0.15) is 47.1 Å². The first-order chi connectivity index (χ1) is 12.3. The summed E-state index contributed by atoms with van der Waals surface area (Å²) in [5, 5.41) is 12.2. The first-order valence-corrected chi connectivity index (χ1v) is 8.67. The normalized spacial score (nSPS) is 11.1. The van der Waals surface area contributed by atoms with Crippen LogP contribution in [0.3, 0.4) is 0 Å². The van der Waals surface area contributed by atoms with Crippen molar-refractivity contribution in [3.63, 3.8) is 0 Å². The van der Waals surface area contributed by atoms with Gasteiger partial charge in [0.15, 0.2) is 0 Å². The zero-order chi connectivity index (χ0) is 19.2. The van der Waals surface area contributed by atoms with Crippen LogP contribution in [-0.2, 0) is 6.54 Å². The highest BCUT2D eigenvalue weighted by Crippen LogP contribution is 2.12. The third-order valence-electron chi connectivity index (χ3n) is 3.76.